The molecule has 0 bridgehead atoms. The molecule has 0 aliphatic carbocycles. The number of halogens is 6. The Labute approximate surface area is 138 Å². The zero-order chi connectivity index (χ0) is 15.9. The lowest BCUT2D eigenvalue weighted by Gasteiger charge is -2.10. The van der Waals surface area contributed by atoms with Crippen molar-refractivity contribution in [2.24, 2.45) is 0 Å². The quantitative estimate of drug-likeness (QED) is 0.534. The monoisotopic (exact) mass is 450 g/mol. The van der Waals surface area contributed by atoms with Gasteiger partial charge in [-0.15, -0.1) is 0 Å². The molecule has 1 heterocycles. The van der Waals surface area contributed by atoms with Crippen LogP contribution in [0.5, 0.6) is 0 Å². The summed E-state index contributed by atoms with van der Waals surface area (Å²) in [5.41, 5.74) is -3.82. The smallest absolute Gasteiger partial charge is 0.303 e. The van der Waals surface area contributed by atoms with Crippen molar-refractivity contribution in [2.45, 2.75) is 6.18 Å². The molecule has 0 unspecified atom stereocenters. The maximum Gasteiger partial charge on any atom is 0.431 e. The van der Waals surface area contributed by atoms with Crippen molar-refractivity contribution in [3.63, 3.8) is 0 Å². The van der Waals surface area contributed by atoms with Crippen molar-refractivity contribution in [1.82, 2.24) is 9.55 Å². The van der Waals surface area contributed by atoms with Crippen molar-refractivity contribution in [3.05, 3.63) is 58.3 Å². The highest BCUT2D eigenvalue weighted by Crippen LogP contribution is 2.29. The second-order valence-corrected chi connectivity index (χ2v) is 5.78. The minimum absolute atomic E-state index is 0.0228. The number of nitrogens with zero attached hydrogens (tertiary/aromatic N) is 1. The molecule has 0 amide bonds. The molecule has 4 nitrogen and oxygen atoms in total. The van der Waals surface area contributed by atoms with Crippen LogP contribution >= 0.6 is 45.8 Å². The first-order valence-corrected chi connectivity index (χ1v) is 7.03. The topological polar surface area (TPSA) is 54.9 Å². The van der Waals surface area contributed by atoms with Gasteiger partial charge in [-0.25, -0.2) is 9.36 Å². The molecule has 0 fully saturated rings. The summed E-state index contributed by atoms with van der Waals surface area (Å²) in [6.45, 7) is 0. The third-order valence-electron chi connectivity index (χ3n) is 2.47. The average molecular weight is 451 g/mol. The number of aromatic amines is 1. The predicted octanol–water partition coefficient (Wildman–Crippen LogP) is 3.46. The van der Waals surface area contributed by atoms with Gasteiger partial charge in [0.25, 0.3) is 5.56 Å². The Kier molecular flexibility index (Phi) is 4.41. The number of nitrogens with one attached hydrogen (secondary N) is 1. The standard InChI is InChI=1S/C11H4Cl2F3IN2O2/c12-5-1-4(2-6(13)9(5)17)19-8(20)3-7(11(14,15)16)18-10(19)21/h1-3H,(H,18,21). The number of H-pyrrole nitrogens is 1. The van der Waals surface area contributed by atoms with Crippen LogP contribution in [-0.4, -0.2) is 9.55 Å². The Morgan fingerprint density at radius 1 is 1.10 bits per heavy atom. The fourth-order valence-electron chi connectivity index (χ4n) is 1.56. The summed E-state index contributed by atoms with van der Waals surface area (Å²) in [7, 11) is 0. The molecule has 0 spiro atoms. The highest BCUT2D eigenvalue weighted by Gasteiger charge is 2.33. The van der Waals surface area contributed by atoms with Gasteiger partial charge in [0.05, 0.1) is 19.3 Å². The van der Waals surface area contributed by atoms with E-state index in [1.54, 1.807) is 4.98 Å². The van der Waals surface area contributed by atoms with E-state index in [0.29, 0.717) is 14.2 Å². The van der Waals surface area contributed by atoms with Crippen molar-refractivity contribution in [3.8, 4) is 5.69 Å². The van der Waals surface area contributed by atoms with E-state index in [2.05, 4.69) is 0 Å². The van der Waals surface area contributed by atoms with E-state index in [1.165, 1.54) is 12.1 Å². The Hall–Kier alpha value is -1.000. The van der Waals surface area contributed by atoms with Crippen molar-refractivity contribution >= 4 is 45.8 Å². The molecule has 0 aliphatic rings. The van der Waals surface area contributed by atoms with Gasteiger partial charge >= 0.3 is 11.9 Å². The van der Waals surface area contributed by atoms with Gasteiger partial charge in [-0.2, -0.15) is 13.2 Å². The largest absolute Gasteiger partial charge is 0.431 e. The summed E-state index contributed by atoms with van der Waals surface area (Å²) in [6.07, 6.45) is -4.82. The number of benzene rings is 1. The first kappa shape index (κ1) is 16.4. The average Bonchev–Trinajstić information content (AvgIpc) is 2.33. The summed E-state index contributed by atoms with van der Waals surface area (Å²) >= 11 is 13.6. The van der Waals surface area contributed by atoms with Crippen molar-refractivity contribution in [2.75, 3.05) is 0 Å². The zero-order valence-corrected chi connectivity index (χ0v) is 13.4. The normalized spacial score (nSPS) is 11.7. The third kappa shape index (κ3) is 3.27. The van der Waals surface area contributed by atoms with Crippen molar-refractivity contribution in [1.29, 1.82) is 0 Å². The Morgan fingerprint density at radius 2 is 1.62 bits per heavy atom. The fraction of sp³-hybridized carbons (Fsp3) is 0.0909. The molecule has 10 heteroatoms. The fourth-order valence-corrected chi connectivity index (χ4v) is 2.35. The summed E-state index contributed by atoms with van der Waals surface area (Å²) < 4.78 is 38.5. The van der Waals surface area contributed by atoms with E-state index in [1.807, 2.05) is 22.6 Å². The lowest BCUT2D eigenvalue weighted by atomic mass is 10.3. The third-order valence-corrected chi connectivity index (χ3v) is 4.86. The number of aromatic nitrogens is 2. The van der Waals surface area contributed by atoms with Crippen LogP contribution in [0.3, 0.4) is 0 Å². The van der Waals surface area contributed by atoms with Gasteiger partial charge in [0.2, 0.25) is 0 Å². The first-order valence-electron chi connectivity index (χ1n) is 5.20. The van der Waals surface area contributed by atoms with Gasteiger partial charge in [0.15, 0.2) is 0 Å². The van der Waals surface area contributed by atoms with Gasteiger partial charge in [-0.1, -0.05) is 23.2 Å². The van der Waals surface area contributed by atoms with Gasteiger partial charge < -0.3 is 4.98 Å². The molecular formula is C11H4Cl2F3IN2O2. The Morgan fingerprint density at radius 3 is 2.05 bits per heavy atom. The molecule has 1 N–H and O–H groups in total. The van der Waals surface area contributed by atoms with Gasteiger partial charge in [-0.05, 0) is 34.7 Å². The molecule has 21 heavy (non-hydrogen) atoms. The Bertz CT molecular complexity index is 775. The van der Waals surface area contributed by atoms with Crippen LogP contribution in [0.25, 0.3) is 5.69 Å². The Balaban J connectivity index is 2.72. The van der Waals surface area contributed by atoms with Crippen molar-refractivity contribution < 1.29 is 13.2 Å². The van der Waals surface area contributed by atoms with Crippen LogP contribution in [0.15, 0.2) is 27.8 Å². The summed E-state index contributed by atoms with van der Waals surface area (Å²) in [4.78, 5) is 25.1. The molecule has 1 aromatic heterocycles. The maximum atomic E-state index is 12.5. The second-order valence-electron chi connectivity index (χ2n) is 3.88. The molecule has 0 atom stereocenters. The summed E-state index contributed by atoms with van der Waals surface area (Å²) in [5, 5.41) is 0.341. The molecular weight excluding hydrogens is 447 g/mol. The van der Waals surface area contributed by atoms with Gasteiger partial charge in [0.1, 0.15) is 5.69 Å². The van der Waals surface area contributed by atoms with Crippen LogP contribution in [0, 0.1) is 3.57 Å². The SMILES string of the molecule is O=c1cc(C(F)(F)F)[nH]c(=O)n1-c1cc(Cl)c(I)c(Cl)c1. The van der Waals surface area contributed by atoms with E-state index in [-0.39, 0.29) is 15.7 Å². The minimum atomic E-state index is -4.82. The lowest BCUT2D eigenvalue weighted by molar-refractivity contribution is -0.141. The van der Waals surface area contributed by atoms with E-state index in [4.69, 9.17) is 23.2 Å². The maximum absolute atomic E-state index is 12.5. The highest BCUT2D eigenvalue weighted by molar-refractivity contribution is 14.1. The van der Waals surface area contributed by atoms with Crippen LogP contribution in [0.2, 0.25) is 10.0 Å². The lowest BCUT2D eigenvalue weighted by Crippen LogP contribution is -2.35. The molecule has 112 valence electrons. The van der Waals surface area contributed by atoms with Gasteiger partial charge in [0, 0.05) is 6.07 Å². The van der Waals surface area contributed by atoms with Gasteiger partial charge in [-0.3, -0.25) is 4.79 Å². The number of rotatable bonds is 1. The van der Waals surface area contributed by atoms with Crippen LogP contribution in [0.1, 0.15) is 5.69 Å². The molecule has 0 saturated heterocycles. The minimum Gasteiger partial charge on any atom is -0.303 e. The van der Waals surface area contributed by atoms with Crippen LogP contribution in [-0.2, 0) is 6.18 Å². The summed E-state index contributed by atoms with van der Waals surface area (Å²) in [6, 6.07) is 2.82. The second kappa shape index (κ2) is 5.65. The number of hydrogen-bond acceptors (Lipinski definition) is 2. The molecule has 2 aromatic rings. The summed E-state index contributed by atoms with van der Waals surface area (Å²) in [5.74, 6) is 0. The molecule has 0 saturated carbocycles. The molecule has 2 rings (SSSR count). The number of alkyl halides is 3. The first-order chi connectivity index (χ1) is 9.61. The molecule has 0 radical (unpaired) electrons. The zero-order valence-electron chi connectivity index (χ0n) is 9.76. The van der Waals surface area contributed by atoms with Crippen LogP contribution in [0.4, 0.5) is 13.2 Å². The van der Waals surface area contributed by atoms with E-state index >= 15 is 0 Å². The molecule has 0 aliphatic heterocycles. The van der Waals surface area contributed by atoms with Crippen LogP contribution < -0.4 is 11.2 Å². The highest BCUT2D eigenvalue weighted by atomic mass is 127. The van der Waals surface area contributed by atoms with E-state index in [9.17, 15) is 22.8 Å². The molecule has 1 aromatic carbocycles. The van der Waals surface area contributed by atoms with E-state index < -0.39 is 23.1 Å². The number of hydrogen-bond donors (Lipinski definition) is 1. The van der Waals surface area contributed by atoms with E-state index in [0.717, 1.165) is 0 Å². The predicted molar refractivity (Wildman–Crippen MR) is 80.4 cm³/mol.